The fraction of sp³-hybridized carbons (Fsp3) is 0.615. The molecule has 2 aromatic heterocycles. The standard InChI is InChI=1S/C13H21N5O2/c1-8-14-10(7-11-16-17-12(20)18(8)11)15-9(5-6-19)13(2,3)4/h7,9,15,19H,5-6H2,1-4H3,(H,17,20). The zero-order valence-corrected chi connectivity index (χ0v) is 12.3. The van der Waals surface area contributed by atoms with Crippen LogP contribution < -0.4 is 11.0 Å². The third kappa shape index (κ3) is 2.82. The van der Waals surface area contributed by atoms with E-state index in [1.54, 1.807) is 13.0 Å². The molecule has 1 atom stereocenters. The SMILES string of the molecule is Cc1nc(NC(CCO)C(C)(C)C)cc2n[nH]c(=O)n12. The zero-order chi connectivity index (χ0) is 14.9. The summed E-state index contributed by atoms with van der Waals surface area (Å²) in [5.74, 6) is 1.22. The molecule has 3 N–H and O–H groups in total. The van der Waals surface area contributed by atoms with Gasteiger partial charge in [-0.2, -0.15) is 5.10 Å². The van der Waals surface area contributed by atoms with E-state index >= 15 is 0 Å². The molecule has 1 unspecified atom stereocenters. The third-order valence-corrected chi connectivity index (χ3v) is 3.36. The largest absolute Gasteiger partial charge is 0.396 e. The summed E-state index contributed by atoms with van der Waals surface area (Å²) in [5, 5.41) is 18.9. The number of aliphatic hydroxyl groups excluding tert-OH is 1. The van der Waals surface area contributed by atoms with E-state index in [4.69, 9.17) is 0 Å². The number of hydrogen-bond acceptors (Lipinski definition) is 5. The Kier molecular flexibility index (Phi) is 3.80. The van der Waals surface area contributed by atoms with Crippen LogP contribution in [-0.2, 0) is 0 Å². The lowest BCUT2D eigenvalue weighted by Gasteiger charge is -2.31. The molecule has 7 heteroatoms. The van der Waals surface area contributed by atoms with Crippen molar-refractivity contribution in [2.24, 2.45) is 5.41 Å². The minimum absolute atomic E-state index is 0.0182. The maximum Gasteiger partial charge on any atom is 0.349 e. The number of fused-ring (bicyclic) bond motifs is 1. The van der Waals surface area contributed by atoms with Gasteiger partial charge in [-0.25, -0.2) is 19.3 Å². The number of anilines is 1. The van der Waals surface area contributed by atoms with Gasteiger partial charge >= 0.3 is 5.69 Å². The van der Waals surface area contributed by atoms with Crippen molar-refractivity contribution in [2.45, 2.75) is 40.2 Å². The van der Waals surface area contributed by atoms with Crippen LogP contribution in [0.5, 0.6) is 0 Å². The van der Waals surface area contributed by atoms with Gasteiger partial charge in [-0.3, -0.25) is 0 Å². The first-order valence-electron chi connectivity index (χ1n) is 6.65. The van der Waals surface area contributed by atoms with Gasteiger partial charge in [0.15, 0.2) is 5.65 Å². The summed E-state index contributed by atoms with van der Waals surface area (Å²) in [5.41, 5.74) is 0.219. The number of rotatable bonds is 4. The second-order valence-corrected chi connectivity index (χ2v) is 5.99. The van der Waals surface area contributed by atoms with E-state index < -0.39 is 0 Å². The first-order chi connectivity index (χ1) is 9.32. The first kappa shape index (κ1) is 14.5. The van der Waals surface area contributed by atoms with Crippen molar-refractivity contribution in [1.82, 2.24) is 19.6 Å². The molecule has 0 spiro atoms. The molecule has 2 rings (SSSR count). The molecule has 0 radical (unpaired) electrons. The van der Waals surface area contributed by atoms with Gasteiger partial charge in [0.05, 0.1) is 0 Å². The summed E-state index contributed by atoms with van der Waals surface area (Å²) in [6, 6.07) is 1.80. The van der Waals surface area contributed by atoms with E-state index in [9.17, 15) is 9.90 Å². The topological polar surface area (TPSA) is 95.3 Å². The van der Waals surface area contributed by atoms with Crippen molar-refractivity contribution in [3.63, 3.8) is 0 Å². The fourth-order valence-corrected chi connectivity index (χ4v) is 2.20. The number of aryl methyl sites for hydroxylation is 1. The smallest absolute Gasteiger partial charge is 0.349 e. The zero-order valence-electron chi connectivity index (χ0n) is 12.3. The molecular formula is C13H21N5O2. The summed E-state index contributed by atoms with van der Waals surface area (Å²) in [6.07, 6.45) is 0.628. The molecule has 110 valence electrons. The molecule has 2 heterocycles. The molecule has 0 saturated carbocycles. The fourth-order valence-electron chi connectivity index (χ4n) is 2.20. The van der Waals surface area contributed by atoms with Gasteiger partial charge < -0.3 is 10.4 Å². The molecule has 0 aliphatic carbocycles. The lowest BCUT2D eigenvalue weighted by Crippen LogP contribution is -2.35. The van der Waals surface area contributed by atoms with Gasteiger partial charge in [-0.15, -0.1) is 0 Å². The molecule has 2 aromatic rings. The molecule has 0 amide bonds. The quantitative estimate of drug-likeness (QED) is 0.774. The highest BCUT2D eigenvalue weighted by atomic mass is 16.3. The monoisotopic (exact) mass is 279 g/mol. The predicted octanol–water partition coefficient (Wildman–Crippen LogP) is 0.935. The Morgan fingerprint density at radius 2 is 2.20 bits per heavy atom. The number of hydrogen-bond donors (Lipinski definition) is 3. The highest BCUT2D eigenvalue weighted by molar-refractivity contribution is 5.50. The van der Waals surface area contributed by atoms with Crippen LogP contribution in [0.25, 0.3) is 5.65 Å². The maximum atomic E-state index is 11.5. The third-order valence-electron chi connectivity index (χ3n) is 3.36. The van der Waals surface area contributed by atoms with Crippen LogP contribution in [0, 0.1) is 12.3 Å². The highest BCUT2D eigenvalue weighted by Crippen LogP contribution is 2.25. The Hall–Kier alpha value is -1.89. The van der Waals surface area contributed by atoms with Crippen LogP contribution in [0.2, 0.25) is 0 Å². The van der Waals surface area contributed by atoms with Crippen molar-refractivity contribution >= 4 is 11.5 Å². The first-order valence-corrected chi connectivity index (χ1v) is 6.65. The van der Waals surface area contributed by atoms with Gasteiger partial charge in [-0.1, -0.05) is 20.8 Å². The summed E-state index contributed by atoms with van der Waals surface area (Å²) in [6.45, 7) is 8.17. The van der Waals surface area contributed by atoms with Crippen LogP contribution in [0.4, 0.5) is 5.82 Å². The summed E-state index contributed by atoms with van der Waals surface area (Å²) >= 11 is 0. The second-order valence-electron chi connectivity index (χ2n) is 5.99. The molecule has 0 aromatic carbocycles. The molecule has 0 bridgehead atoms. The minimum Gasteiger partial charge on any atom is -0.396 e. The second kappa shape index (κ2) is 5.24. The highest BCUT2D eigenvalue weighted by Gasteiger charge is 2.24. The van der Waals surface area contributed by atoms with Crippen molar-refractivity contribution in [2.75, 3.05) is 11.9 Å². The average molecular weight is 279 g/mol. The molecule has 0 saturated heterocycles. The van der Waals surface area contributed by atoms with Crippen molar-refractivity contribution in [3.05, 3.63) is 22.4 Å². The Balaban J connectivity index is 2.35. The van der Waals surface area contributed by atoms with Gasteiger partial charge in [-0.05, 0) is 18.8 Å². The van der Waals surface area contributed by atoms with E-state index in [0.29, 0.717) is 23.7 Å². The molecule has 0 fully saturated rings. The van der Waals surface area contributed by atoms with Crippen LogP contribution in [0.15, 0.2) is 10.9 Å². The van der Waals surface area contributed by atoms with E-state index in [2.05, 4.69) is 41.3 Å². The van der Waals surface area contributed by atoms with Gasteiger partial charge in [0, 0.05) is 18.7 Å². The summed E-state index contributed by atoms with van der Waals surface area (Å²) in [7, 11) is 0. The van der Waals surface area contributed by atoms with Crippen LogP contribution in [-0.4, -0.2) is 37.3 Å². The van der Waals surface area contributed by atoms with Gasteiger partial charge in [0.1, 0.15) is 11.6 Å². The minimum atomic E-state index is -0.292. The van der Waals surface area contributed by atoms with Crippen molar-refractivity contribution in [1.29, 1.82) is 0 Å². The predicted molar refractivity (Wildman–Crippen MR) is 76.9 cm³/mol. The number of H-pyrrole nitrogens is 1. The molecular weight excluding hydrogens is 258 g/mol. The molecule has 20 heavy (non-hydrogen) atoms. The Morgan fingerprint density at radius 3 is 2.80 bits per heavy atom. The van der Waals surface area contributed by atoms with E-state index in [1.165, 1.54) is 4.40 Å². The van der Waals surface area contributed by atoms with Crippen LogP contribution in [0.3, 0.4) is 0 Å². The average Bonchev–Trinajstić information content (AvgIpc) is 2.69. The molecule has 0 aliphatic heterocycles. The van der Waals surface area contributed by atoms with Crippen LogP contribution >= 0.6 is 0 Å². The summed E-state index contributed by atoms with van der Waals surface area (Å²) in [4.78, 5) is 15.9. The Bertz CT molecular complexity index is 653. The number of aromatic nitrogens is 4. The normalized spacial score (nSPS) is 13.7. The maximum absolute atomic E-state index is 11.5. The molecule has 7 nitrogen and oxygen atoms in total. The Labute approximate surface area is 117 Å². The van der Waals surface area contributed by atoms with Gasteiger partial charge in [0.2, 0.25) is 0 Å². The van der Waals surface area contributed by atoms with Crippen molar-refractivity contribution in [3.8, 4) is 0 Å². The number of aromatic amines is 1. The lowest BCUT2D eigenvalue weighted by molar-refractivity contribution is 0.235. The lowest BCUT2D eigenvalue weighted by atomic mass is 9.85. The number of nitrogens with one attached hydrogen (secondary N) is 2. The van der Waals surface area contributed by atoms with Gasteiger partial charge in [0.25, 0.3) is 0 Å². The Morgan fingerprint density at radius 1 is 1.50 bits per heavy atom. The summed E-state index contributed by atoms with van der Waals surface area (Å²) < 4.78 is 1.42. The molecule has 0 aliphatic rings. The van der Waals surface area contributed by atoms with E-state index in [-0.39, 0.29) is 23.8 Å². The van der Waals surface area contributed by atoms with E-state index in [0.717, 1.165) is 0 Å². The number of nitrogens with zero attached hydrogens (tertiary/aromatic N) is 3. The number of aliphatic hydroxyl groups is 1. The van der Waals surface area contributed by atoms with E-state index in [1.807, 2.05) is 0 Å². The van der Waals surface area contributed by atoms with Crippen molar-refractivity contribution < 1.29 is 5.11 Å². The van der Waals surface area contributed by atoms with Crippen LogP contribution in [0.1, 0.15) is 33.0 Å².